The SMILES string of the molecule is O=C(Cc1cc(Br)cc2c1OCC2)C1CCNC1. The van der Waals surface area contributed by atoms with Gasteiger partial charge in [-0.05, 0) is 30.7 Å². The lowest BCUT2D eigenvalue weighted by Crippen LogP contribution is -2.19. The number of benzene rings is 1. The van der Waals surface area contributed by atoms with Gasteiger partial charge in [0.25, 0.3) is 0 Å². The first-order chi connectivity index (χ1) is 8.74. The van der Waals surface area contributed by atoms with Gasteiger partial charge in [-0.1, -0.05) is 15.9 Å². The van der Waals surface area contributed by atoms with Gasteiger partial charge >= 0.3 is 0 Å². The highest BCUT2D eigenvalue weighted by Gasteiger charge is 2.25. The Labute approximate surface area is 115 Å². The van der Waals surface area contributed by atoms with Crippen LogP contribution in [0.25, 0.3) is 0 Å². The Balaban J connectivity index is 1.82. The molecular formula is C14H16BrNO2. The molecule has 0 spiro atoms. The first kappa shape index (κ1) is 12.2. The standard InChI is InChI=1S/C14H16BrNO2/c15-12-5-9-2-4-18-14(9)11(6-12)7-13(17)10-1-3-16-8-10/h5-6,10,16H,1-4,7-8H2. The van der Waals surface area contributed by atoms with Crippen molar-refractivity contribution in [2.45, 2.75) is 19.3 Å². The molecule has 1 fully saturated rings. The van der Waals surface area contributed by atoms with Gasteiger partial charge in [-0.15, -0.1) is 0 Å². The van der Waals surface area contributed by atoms with Gasteiger partial charge in [0.1, 0.15) is 11.5 Å². The molecule has 1 aromatic rings. The van der Waals surface area contributed by atoms with Gasteiger partial charge in [-0.3, -0.25) is 4.79 Å². The maximum absolute atomic E-state index is 12.2. The minimum absolute atomic E-state index is 0.182. The number of carbonyl (C=O) groups is 1. The van der Waals surface area contributed by atoms with E-state index in [9.17, 15) is 4.79 Å². The van der Waals surface area contributed by atoms with E-state index in [1.54, 1.807) is 0 Å². The summed E-state index contributed by atoms with van der Waals surface area (Å²) in [5.74, 6) is 1.45. The van der Waals surface area contributed by atoms with E-state index in [0.29, 0.717) is 12.2 Å². The number of carbonyl (C=O) groups excluding carboxylic acids is 1. The molecular weight excluding hydrogens is 294 g/mol. The number of Topliss-reactive ketones (excluding diaryl/α,β-unsaturated/α-hetero) is 1. The Hall–Kier alpha value is -0.870. The minimum Gasteiger partial charge on any atom is -0.493 e. The summed E-state index contributed by atoms with van der Waals surface area (Å²) in [5.41, 5.74) is 2.26. The summed E-state index contributed by atoms with van der Waals surface area (Å²) in [6.45, 7) is 2.53. The van der Waals surface area contributed by atoms with Gasteiger partial charge in [-0.25, -0.2) is 0 Å². The lowest BCUT2D eigenvalue weighted by molar-refractivity contribution is -0.121. The van der Waals surface area contributed by atoms with Crippen LogP contribution >= 0.6 is 15.9 Å². The lowest BCUT2D eigenvalue weighted by Gasteiger charge is -2.11. The molecule has 1 atom stereocenters. The molecule has 2 aliphatic rings. The first-order valence-corrected chi connectivity index (χ1v) is 7.21. The van der Waals surface area contributed by atoms with Crippen molar-refractivity contribution in [2.24, 2.45) is 5.92 Å². The quantitative estimate of drug-likeness (QED) is 0.929. The molecule has 0 amide bonds. The molecule has 2 heterocycles. The predicted octanol–water partition coefficient (Wildman–Crippen LogP) is 2.11. The molecule has 4 heteroatoms. The maximum Gasteiger partial charge on any atom is 0.141 e. The second-order valence-electron chi connectivity index (χ2n) is 4.98. The summed E-state index contributed by atoms with van der Waals surface area (Å²) in [5, 5.41) is 3.24. The molecule has 2 aliphatic heterocycles. The molecule has 1 unspecified atom stereocenters. The van der Waals surface area contributed by atoms with Crippen molar-refractivity contribution in [1.29, 1.82) is 0 Å². The van der Waals surface area contributed by atoms with Crippen LogP contribution in [0.2, 0.25) is 0 Å². The van der Waals surface area contributed by atoms with Crippen molar-refractivity contribution < 1.29 is 9.53 Å². The molecule has 0 bridgehead atoms. The third-order valence-electron chi connectivity index (χ3n) is 3.71. The van der Waals surface area contributed by atoms with Crippen molar-refractivity contribution >= 4 is 21.7 Å². The van der Waals surface area contributed by atoms with Gasteiger partial charge in [0.15, 0.2) is 0 Å². The van der Waals surface area contributed by atoms with Crippen molar-refractivity contribution in [2.75, 3.05) is 19.7 Å². The van der Waals surface area contributed by atoms with Crippen molar-refractivity contribution in [3.05, 3.63) is 27.7 Å². The maximum atomic E-state index is 12.2. The van der Waals surface area contributed by atoms with Gasteiger partial charge in [0.05, 0.1) is 6.61 Å². The Morgan fingerprint density at radius 2 is 2.39 bits per heavy atom. The van der Waals surface area contributed by atoms with Crippen molar-refractivity contribution in [3.8, 4) is 5.75 Å². The van der Waals surface area contributed by atoms with Gasteiger partial charge in [0, 0.05) is 35.3 Å². The van der Waals surface area contributed by atoms with Crippen LogP contribution in [0, 0.1) is 5.92 Å². The Kier molecular flexibility index (Phi) is 3.39. The third-order valence-corrected chi connectivity index (χ3v) is 4.16. The monoisotopic (exact) mass is 309 g/mol. The Bertz CT molecular complexity index is 481. The van der Waals surface area contributed by atoms with Gasteiger partial charge < -0.3 is 10.1 Å². The van der Waals surface area contributed by atoms with Crippen LogP contribution in [0.1, 0.15) is 17.5 Å². The van der Waals surface area contributed by atoms with E-state index in [0.717, 1.165) is 48.3 Å². The number of ketones is 1. The van der Waals surface area contributed by atoms with E-state index >= 15 is 0 Å². The molecule has 0 radical (unpaired) electrons. The molecule has 0 aliphatic carbocycles. The van der Waals surface area contributed by atoms with E-state index in [4.69, 9.17) is 4.74 Å². The minimum atomic E-state index is 0.182. The second-order valence-corrected chi connectivity index (χ2v) is 5.90. The van der Waals surface area contributed by atoms with Crippen LogP contribution in [0.4, 0.5) is 0 Å². The Morgan fingerprint density at radius 1 is 1.50 bits per heavy atom. The third kappa shape index (κ3) is 2.31. The predicted molar refractivity (Wildman–Crippen MR) is 73.0 cm³/mol. The average Bonchev–Trinajstić information content (AvgIpc) is 2.98. The van der Waals surface area contributed by atoms with Crippen LogP contribution in [0.3, 0.4) is 0 Å². The zero-order chi connectivity index (χ0) is 12.5. The van der Waals surface area contributed by atoms with Crippen LogP contribution in [-0.4, -0.2) is 25.5 Å². The van der Waals surface area contributed by atoms with E-state index in [2.05, 4.69) is 27.3 Å². The molecule has 1 aromatic carbocycles. The number of ether oxygens (including phenoxy) is 1. The molecule has 1 N–H and O–H groups in total. The summed E-state index contributed by atoms with van der Waals surface area (Å²) >= 11 is 3.51. The van der Waals surface area contributed by atoms with Crippen molar-refractivity contribution in [3.63, 3.8) is 0 Å². The largest absolute Gasteiger partial charge is 0.493 e. The second kappa shape index (κ2) is 5.02. The molecule has 96 valence electrons. The van der Waals surface area contributed by atoms with Crippen LogP contribution in [-0.2, 0) is 17.6 Å². The number of hydrogen-bond donors (Lipinski definition) is 1. The molecule has 3 rings (SSSR count). The number of rotatable bonds is 3. The molecule has 0 aromatic heterocycles. The zero-order valence-electron chi connectivity index (χ0n) is 10.2. The number of halogens is 1. The summed E-state index contributed by atoms with van der Waals surface area (Å²) in [7, 11) is 0. The van der Waals surface area contributed by atoms with E-state index in [1.807, 2.05) is 6.07 Å². The highest BCUT2D eigenvalue weighted by Crippen LogP contribution is 2.33. The normalized spacial score (nSPS) is 21.7. The van der Waals surface area contributed by atoms with E-state index < -0.39 is 0 Å². The summed E-state index contributed by atoms with van der Waals surface area (Å²) in [4.78, 5) is 12.2. The van der Waals surface area contributed by atoms with Gasteiger partial charge in [-0.2, -0.15) is 0 Å². The zero-order valence-corrected chi connectivity index (χ0v) is 11.8. The topological polar surface area (TPSA) is 38.3 Å². The molecule has 0 saturated carbocycles. The lowest BCUT2D eigenvalue weighted by atomic mass is 9.95. The van der Waals surface area contributed by atoms with E-state index in [1.165, 1.54) is 5.56 Å². The van der Waals surface area contributed by atoms with E-state index in [-0.39, 0.29) is 5.92 Å². The van der Waals surface area contributed by atoms with Crippen molar-refractivity contribution in [1.82, 2.24) is 5.32 Å². The highest BCUT2D eigenvalue weighted by atomic mass is 79.9. The number of hydrogen-bond acceptors (Lipinski definition) is 3. The van der Waals surface area contributed by atoms with Gasteiger partial charge in [0.2, 0.25) is 0 Å². The molecule has 18 heavy (non-hydrogen) atoms. The summed E-state index contributed by atoms with van der Waals surface area (Å²) in [6.07, 6.45) is 2.41. The summed E-state index contributed by atoms with van der Waals surface area (Å²) in [6, 6.07) is 4.11. The fourth-order valence-corrected chi connectivity index (χ4v) is 3.29. The number of nitrogens with one attached hydrogen (secondary N) is 1. The van der Waals surface area contributed by atoms with Crippen LogP contribution < -0.4 is 10.1 Å². The number of fused-ring (bicyclic) bond motifs is 1. The van der Waals surface area contributed by atoms with Crippen LogP contribution in [0.15, 0.2) is 16.6 Å². The fourth-order valence-electron chi connectivity index (χ4n) is 2.74. The molecule has 3 nitrogen and oxygen atoms in total. The first-order valence-electron chi connectivity index (χ1n) is 6.41. The van der Waals surface area contributed by atoms with Crippen LogP contribution in [0.5, 0.6) is 5.75 Å². The summed E-state index contributed by atoms with van der Waals surface area (Å²) < 4.78 is 6.70. The smallest absolute Gasteiger partial charge is 0.141 e. The fraction of sp³-hybridized carbons (Fsp3) is 0.500. The Morgan fingerprint density at radius 3 is 3.17 bits per heavy atom. The highest BCUT2D eigenvalue weighted by molar-refractivity contribution is 9.10. The molecule has 1 saturated heterocycles. The average molecular weight is 310 g/mol.